The molecule has 2 unspecified atom stereocenters. The molecule has 0 amide bonds. The highest BCUT2D eigenvalue weighted by Gasteiger charge is 2.28. The summed E-state index contributed by atoms with van der Waals surface area (Å²) in [4.78, 5) is 2.50. The van der Waals surface area contributed by atoms with E-state index in [0.29, 0.717) is 6.04 Å². The van der Waals surface area contributed by atoms with Crippen molar-refractivity contribution >= 4 is 0 Å². The number of morpholine rings is 1. The molecule has 1 fully saturated rings. The van der Waals surface area contributed by atoms with Gasteiger partial charge >= 0.3 is 0 Å². The molecule has 4 nitrogen and oxygen atoms in total. The zero-order valence-electron chi connectivity index (χ0n) is 12.1. The predicted octanol–water partition coefficient (Wildman–Crippen LogP) is 1.91. The molecule has 1 aliphatic heterocycles. The number of rotatable bonds is 7. The number of nitrogens with zero attached hydrogens (tertiary/aromatic N) is 1. The predicted molar refractivity (Wildman–Crippen MR) is 76.3 cm³/mol. The smallest absolute Gasteiger partial charge is 0.105 e. The molecule has 2 heterocycles. The third kappa shape index (κ3) is 4.34. The van der Waals surface area contributed by atoms with Gasteiger partial charge in [0, 0.05) is 25.6 Å². The zero-order chi connectivity index (χ0) is 13.5. The zero-order valence-corrected chi connectivity index (χ0v) is 12.1. The van der Waals surface area contributed by atoms with E-state index in [1.165, 1.54) is 13.0 Å². The van der Waals surface area contributed by atoms with Crippen molar-refractivity contribution in [1.82, 2.24) is 10.2 Å². The number of hydrogen-bond donors (Lipinski definition) is 1. The van der Waals surface area contributed by atoms with Crippen molar-refractivity contribution in [2.45, 2.75) is 38.8 Å². The molecule has 1 N–H and O–H groups in total. The second-order valence-corrected chi connectivity index (χ2v) is 5.16. The van der Waals surface area contributed by atoms with E-state index in [9.17, 15) is 0 Å². The first-order chi connectivity index (χ1) is 9.33. The van der Waals surface area contributed by atoms with Crippen molar-refractivity contribution in [3.63, 3.8) is 0 Å². The first-order valence-corrected chi connectivity index (χ1v) is 7.43. The van der Waals surface area contributed by atoms with Crippen LogP contribution in [-0.4, -0.2) is 49.8 Å². The van der Waals surface area contributed by atoms with Gasteiger partial charge < -0.3 is 14.5 Å². The highest BCUT2D eigenvalue weighted by Crippen LogP contribution is 2.14. The maximum absolute atomic E-state index is 5.97. The Morgan fingerprint density at radius 2 is 2.37 bits per heavy atom. The number of furan rings is 1. The molecule has 1 aromatic heterocycles. The first kappa shape index (κ1) is 14.6. The summed E-state index contributed by atoms with van der Waals surface area (Å²) in [5, 5.41) is 3.54. The lowest BCUT2D eigenvalue weighted by Gasteiger charge is -2.37. The third-order valence-corrected chi connectivity index (χ3v) is 3.63. The minimum absolute atomic E-state index is 0.255. The SMILES string of the molecule is CCCN1CCOC(C(Cc2ccco2)NCC)C1. The summed E-state index contributed by atoms with van der Waals surface area (Å²) < 4.78 is 11.4. The van der Waals surface area contributed by atoms with Gasteiger partial charge in [-0.1, -0.05) is 13.8 Å². The maximum Gasteiger partial charge on any atom is 0.105 e. The fraction of sp³-hybridized carbons (Fsp3) is 0.733. The quantitative estimate of drug-likeness (QED) is 0.818. The lowest BCUT2D eigenvalue weighted by atomic mass is 10.0. The molecule has 1 aliphatic rings. The van der Waals surface area contributed by atoms with Crippen molar-refractivity contribution < 1.29 is 9.15 Å². The monoisotopic (exact) mass is 266 g/mol. The van der Waals surface area contributed by atoms with Crippen molar-refractivity contribution in [2.24, 2.45) is 0 Å². The fourth-order valence-corrected chi connectivity index (χ4v) is 2.74. The third-order valence-electron chi connectivity index (χ3n) is 3.63. The Labute approximate surface area is 116 Å². The molecule has 19 heavy (non-hydrogen) atoms. The molecule has 108 valence electrons. The molecule has 0 aromatic carbocycles. The minimum Gasteiger partial charge on any atom is -0.469 e. The van der Waals surface area contributed by atoms with Crippen LogP contribution in [-0.2, 0) is 11.2 Å². The van der Waals surface area contributed by atoms with Gasteiger partial charge in [0.2, 0.25) is 0 Å². The summed E-state index contributed by atoms with van der Waals surface area (Å²) in [6, 6.07) is 4.32. The van der Waals surface area contributed by atoms with Gasteiger partial charge in [-0.3, -0.25) is 4.90 Å². The van der Waals surface area contributed by atoms with Gasteiger partial charge in [0.15, 0.2) is 0 Å². The van der Waals surface area contributed by atoms with E-state index in [2.05, 4.69) is 24.1 Å². The Balaban J connectivity index is 1.93. The molecule has 0 radical (unpaired) electrons. The Hall–Kier alpha value is -0.840. The van der Waals surface area contributed by atoms with Crippen molar-refractivity contribution in [1.29, 1.82) is 0 Å². The Bertz CT molecular complexity index is 338. The first-order valence-electron chi connectivity index (χ1n) is 7.43. The highest BCUT2D eigenvalue weighted by atomic mass is 16.5. The summed E-state index contributed by atoms with van der Waals surface area (Å²) in [6.07, 6.45) is 4.09. The van der Waals surface area contributed by atoms with Crippen LogP contribution < -0.4 is 5.32 Å². The normalized spacial score (nSPS) is 22.5. The van der Waals surface area contributed by atoms with Crippen LogP contribution in [0.5, 0.6) is 0 Å². The summed E-state index contributed by atoms with van der Waals surface area (Å²) in [7, 11) is 0. The van der Waals surface area contributed by atoms with Crippen LogP contribution in [0.1, 0.15) is 26.0 Å². The Morgan fingerprint density at radius 1 is 1.47 bits per heavy atom. The van der Waals surface area contributed by atoms with Crippen LogP contribution >= 0.6 is 0 Å². The summed E-state index contributed by atoms with van der Waals surface area (Å²) in [5.74, 6) is 1.03. The van der Waals surface area contributed by atoms with Gasteiger partial charge in [-0.2, -0.15) is 0 Å². The molecule has 0 bridgehead atoms. The van der Waals surface area contributed by atoms with Gasteiger partial charge in [-0.15, -0.1) is 0 Å². The number of likely N-dealkylation sites (N-methyl/N-ethyl adjacent to an activating group) is 1. The second kappa shape index (κ2) is 7.68. The van der Waals surface area contributed by atoms with Gasteiger partial charge in [0.1, 0.15) is 5.76 Å². The molecule has 0 spiro atoms. The van der Waals surface area contributed by atoms with E-state index in [4.69, 9.17) is 9.15 Å². The average molecular weight is 266 g/mol. The Morgan fingerprint density at radius 3 is 3.05 bits per heavy atom. The fourth-order valence-electron chi connectivity index (χ4n) is 2.74. The van der Waals surface area contributed by atoms with Crippen molar-refractivity contribution in [2.75, 3.05) is 32.8 Å². The van der Waals surface area contributed by atoms with Crippen LogP contribution in [0.15, 0.2) is 22.8 Å². The van der Waals surface area contributed by atoms with E-state index in [-0.39, 0.29) is 6.10 Å². The van der Waals surface area contributed by atoms with Crippen LogP contribution in [0.3, 0.4) is 0 Å². The lowest BCUT2D eigenvalue weighted by Crippen LogP contribution is -2.53. The molecular weight excluding hydrogens is 240 g/mol. The minimum atomic E-state index is 0.255. The number of ether oxygens (including phenoxy) is 1. The number of nitrogens with one attached hydrogen (secondary N) is 1. The van der Waals surface area contributed by atoms with Gasteiger partial charge in [-0.25, -0.2) is 0 Å². The van der Waals surface area contributed by atoms with Crippen LogP contribution in [0, 0.1) is 0 Å². The molecular formula is C15H26N2O2. The summed E-state index contributed by atoms with van der Waals surface area (Å²) in [5.41, 5.74) is 0. The lowest BCUT2D eigenvalue weighted by molar-refractivity contribution is -0.0466. The van der Waals surface area contributed by atoms with Gasteiger partial charge in [0.25, 0.3) is 0 Å². The van der Waals surface area contributed by atoms with E-state index in [0.717, 1.165) is 38.4 Å². The van der Waals surface area contributed by atoms with E-state index in [1.54, 1.807) is 6.26 Å². The van der Waals surface area contributed by atoms with Gasteiger partial charge in [-0.05, 0) is 31.6 Å². The standard InChI is InChI=1S/C15H26N2O2/c1-3-7-17-8-10-19-15(12-17)14(16-4-2)11-13-6-5-9-18-13/h5-6,9,14-16H,3-4,7-8,10-12H2,1-2H3. The second-order valence-electron chi connectivity index (χ2n) is 5.16. The Kier molecular flexibility index (Phi) is 5.89. The van der Waals surface area contributed by atoms with Crippen molar-refractivity contribution in [3.05, 3.63) is 24.2 Å². The molecule has 2 atom stereocenters. The van der Waals surface area contributed by atoms with Gasteiger partial charge in [0.05, 0.1) is 19.0 Å². The molecule has 0 aliphatic carbocycles. The number of hydrogen-bond acceptors (Lipinski definition) is 4. The van der Waals surface area contributed by atoms with Crippen molar-refractivity contribution in [3.8, 4) is 0 Å². The maximum atomic E-state index is 5.97. The highest BCUT2D eigenvalue weighted by molar-refractivity contribution is 5.02. The molecule has 1 saturated heterocycles. The molecule has 4 heteroatoms. The molecule has 0 saturated carbocycles. The van der Waals surface area contributed by atoms with E-state index in [1.807, 2.05) is 12.1 Å². The van der Waals surface area contributed by atoms with Crippen LogP contribution in [0.25, 0.3) is 0 Å². The topological polar surface area (TPSA) is 37.6 Å². The largest absolute Gasteiger partial charge is 0.469 e. The molecule has 1 aromatic rings. The molecule has 2 rings (SSSR count). The summed E-state index contributed by atoms with van der Waals surface area (Å²) >= 11 is 0. The van der Waals surface area contributed by atoms with Crippen LogP contribution in [0.4, 0.5) is 0 Å². The van der Waals surface area contributed by atoms with E-state index >= 15 is 0 Å². The van der Waals surface area contributed by atoms with Crippen LogP contribution in [0.2, 0.25) is 0 Å². The average Bonchev–Trinajstić information content (AvgIpc) is 2.92. The summed E-state index contributed by atoms with van der Waals surface area (Å²) in [6.45, 7) is 9.41. The van der Waals surface area contributed by atoms with E-state index < -0.39 is 0 Å².